The fourth-order valence-electron chi connectivity index (χ4n) is 5.94. The third kappa shape index (κ3) is 2.67. The standard InChI is InChI=1S/C34H22N2/c1-3-10-22(11-4-1)24-15-9-16-27-25(24)18-19-32-34(27)29-20-31-28(26-14-7-8-17-30(26)35-31)21-33(29)36(32)23-12-5-2-6-13-23/h1-21,35H. The maximum Gasteiger partial charge on any atom is 0.0549 e. The number of H-pyrrole nitrogens is 1. The van der Waals surface area contributed by atoms with E-state index in [-0.39, 0.29) is 0 Å². The highest BCUT2D eigenvalue weighted by Gasteiger charge is 2.18. The van der Waals surface area contributed by atoms with Crippen LogP contribution in [0.15, 0.2) is 127 Å². The smallest absolute Gasteiger partial charge is 0.0549 e. The lowest BCUT2D eigenvalue weighted by Crippen LogP contribution is -1.93. The van der Waals surface area contributed by atoms with Gasteiger partial charge in [-0.2, -0.15) is 0 Å². The van der Waals surface area contributed by atoms with Crippen molar-refractivity contribution in [3.63, 3.8) is 0 Å². The number of aromatic nitrogens is 2. The Labute approximate surface area is 208 Å². The quantitative estimate of drug-likeness (QED) is 0.266. The third-order valence-electron chi connectivity index (χ3n) is 7.51. The maximum absolute atomic E-state index is 3.66. The number of aromatic amines is 1. The summed E-state index contributed by atoms with van der Waals surface area (Å²) >= 11 is 0. The van der Waals surface area contributed by atoms with Crippen molar-refractivity contribution in [2.75, 3.05) is 0 Å². The van der Waals surface area contributed by atoms with E-state index in [0.29, 0.717) is 0 Å². The van der Waals surface area contributed by atoms with Gasteiger partial charge in [0.25, 0.3) is 0 Å². The Kier molecular flexibility index (Phi) is 3.97. The Morgan fingerprint density at radius 1 is 0.444 bits per heavy atom. The zero-order valence-corrected chi connectivity index (χ0v) is 19.6. The summed E-state index contributed by atoms with van der Waals surface area (Å²) in [4.78, 5) is 3.66. The largest absolute Gasteiger partial charge is 0.354 e. The van der Waals surface area contributed by atoms with Crippen LogP contribution in [0.5, 0.6) is 0 Å². The van der Waals surface area contributed by atoms with E-state index in [1.54, 1.807) is 0 Å². The Morgan fingerprint density at radius 2 is 1.19 bits per heavy atom. The molecule has 0 aliphatic heterocycles. The lowest BCUT2D eigenvalue weighted by Gasteiger charge is -2.10. The SMILES string of the molecule is c1ccc(-c2cccc3c2ccc2c3c3cc4[nH]c5ccccc5c4cc3n2-c2ccccc2)cc1. The summed E-state index contributed by atoms with van der Waals surface area (Å²) in [6, 6.07) is 46.0. The molecule has 0 aliphatic rings. The van der Waals surface area contributed by atoms with Gasteiger partial charge in [-0.1, -0.05) is 91.0 Å². The molecule has 8 rings (SSSR count). The van der Waals surface area contributed by atoms with Crippen LogP contribution in [0.1, 0.15) is 0 Å². The monoisotopic (exact) mass is 458 g/mol. The van der Waals surface area contributed by atoms with Gasteiger partial charge >= 0.3 is 0 Å². The first-order chi connectivity index (χ1) is 17.9. The second-order valence-corrected chi connectivity index (χ2v) is 9.48. The molecule has 1 N–H and O–H groups in total. The summed E-state index contributed by atoms with van der Waals surface area (Å²) in [6.07, 6.45) is 0. The lowest BCUT2D eigenvalue weighted by atomic mass is 9.95. The predicted octanol–water partition coefficient (Wildman–Crippen LogP) is 9.24. The van der Waals surface area contributed by atoms with Crippen molar-refractivity contribution >= 4 is 54.4 Å². The van der Waals surface area contributed by atoms with Crippen molar-refractivity contribution in [1.82, 2.24) is 9.55 Å². The molecule has 2 heteroatoms. The summed E-state index contributed by atoms with van der Waals surface area (Å²) in [5, 5.41) is 7.64. The number of nitrogens with one attached hydrogen (secondary N) is 1. The van der Waals surface area contributed by atoms with Gasteiger partial charge < -0.3 is 9.55 Å². The van der Waals surface area contributed by atoms with E-state index in [9.17, 15) is 0 Å². The summed E-state index contributed by atoms with van der Waals surface area (Å²) < 4.78 is 2.42. The molecule has 0 bridgehead atoms. The molecule has 2 nitrogen and oxygen atoms in total. The molecule has 6 aromatic carbocycles. The Bertz CT molecular complexity index is 2080. The molecule has 0 saturated carbocycles. The number of rotatable bonds is 2. The minimum Gasteiger partial charge on any atom is -0.354 e. The number of nitrogens with zero attached hydrogens (tertiary/aromatic N) is 1. The maximum atomic E-state index is 3.66. The van der Waals surface area contributed by atoms with Crippen molar-refractivity contribution in [3.8, 4) is 16.8 Å². The Hall–Kier alpha value is -4.82. The van der Waals surface area contributed by atoms with Gasteiger partial charge in [-0.05, 0) is 58.3 Å². The molecule has 8 aromatic rings. The number of benzene rings is 6. The van der Waals surface area contributed by atoms with Crippen LogP contribution < -0.4 is 0 Å². The highest BCUT2D eigenvalue weighted by Crippen LogP contribution is 2.41. The van der Waals surface area contributed by atoms with Crippen LogP contribution in [0.3, 0.4) is 0 Å². The molecule has 0 amide bonds. The van der Waals surface area contributed by atoms with Gasteiger partial charge in [0.2, 0.25) is 0 Å². The van der Waals surface area contributed by atoms with Crippen LogP contribution in [0.25, 0.3) is 71.2 Å². The molecule has 0 unspecified atom stereocenters. The van der Waals surface area contributed by atoms with Crippen LogP contribution in [0.4, 0.5) is 0 Å². The van der Waals surface area contributed by atoms with E-state index in [1.165, 1.54) is 71.2 Å². The zero-order valence-electron chi connectivity index (χ0n) is 19.6. The van der Waals surface area contributed by atoms with Crippen LogP contribution in [0.2, 0.25) is 0 Å². The van der Waals surface area contributed by atoms with Gasteiger partial charge in [0.15, 0.2) is 0 Å². The molecule has 0 aliphatic carbocycles. The van der Waals surface area contributed by atoms with Crippen molar-refractivity contribution in [2.45, 2.75) is 0 Å². The van der Waals surface area contributed by atoms with Gasteiger partial charge in [-0.15, -0.1) is 0 Å². The average molecular weight is 459 g/mol. The van der Waals surface area contributed by atoms with Crippen LogP contribution >= 0.6 is 0 Å². The van der Waals surface area contributed by atoms with Crippen molar-refractivity contribution in [1.29, 1.82) is 0 Å². The molecule has 36 heavy (non-hydrogen) atoms. The first-order valence-electron chi connectivity index (χ1n) is 12.4. The molecule has 168 valence electrons. The van der Waals surface area contributed by atoms with E-state index in [0.717, 1.165) is 0 Å². The van der Waals surface area contributed by atoms with Gasteiger partial charge in [0, 0.05) is 38.3 Å². The van der Waals surface area contributed by atoms with E-state index in [2.05, 4.69) is 137 Å². The fraction of sp³-hybridized carbons (Fsp3) is 0. The second-order valence-electron chi connectivity index (χ2n) is 9.48. The second kappa shape index (κ2) is 7.34. The summed E-state index contributed by atoms with van der Waals surface area (Å²) in [5.41, 5.74) is 8.49. The van der Waals surface area contributed by atoms with Gasteiger partial charge in [0.1, 0.15) is 0 Å². The van der Waals surface area contributed by atoms with Crippen LogP contribution in [-0.4, -0.2) is 9.55 Å². The van der Waals surface area contributed by atoms with E-state index >= 15 is 0 Å². The minimum absolute atomic E-state index is 1.17. The van der Waals surface area contributed by atoms with Crippen LogP contribution in [0, 0.1) is 0 Å². The zero-order chi connectivity index (χ0) is 23.6. The topological polar surface area (TPSA) is 20.7 Å². The molecule has 0 saturated heterocycles. The molecule has 0 fully saturated rings. The molecular weight excluding hydrogens is 436 g/mol. The normalized spacial score (nSPS) is 11.9. The number of hydrogen-bond acceptors (Lipinski definition) is 0. The molecule has 0 radical (unpaired) electrons. The molecule has 2 heterocycles. The fourth-order valence-corrected chi connectivity index (χ4v) is 5.94. The van der Waals surface area contributed by atoms with E-state index in [4.69, 9.17) is 0 Å². The highest BCUT2D eigenvalue weighted by molar-refractivity contribution is 6.26. The summed E-state index contributed by atoms with van der Waals surface area (Å²) in [6.45, 7) is 0. The highest BCUT2D eigenvalue weighted by atomic mass is 15.0. The Balaban J connectivity index is 1.58. The van der Waals surface area contributed by atoms with Crippen molar-refractivity contribution in [2.24, 2.45) is 0 Å². The number of hydrogen-bond donors (Lipinski definition) is 1. The first-order valence-corrected chi connectivity index (χ1v) is 12.4. The summed E-state index contributed by atoms with van der Waals surface area (Å²) in [5.74, 6) is 0. The predicted molar refractivity (Wildman–Crippen MR) is 153 cm³/mol. The third-order valence-corrected chi connectivity index (χ3v) is 7.51. The molecule has 0 spiro atoms. The Morgan fingerprint density at radius 3 is 2.06 bits per heavy atom. The van der Waals surface area contributed by atoms with Crippen molar-refractivity contribution in [3.05, 3.63) is 127 Å². The van der Waals surface area contributed by atoms with Gasteiger partial charge in [-0.25, -0.2) is 0 Å². The number of para-hydroxylation sites is 2. The molecule has 2 aromatic heterocycles. The lowest BCUT2D eigenvalue weighted by molar-refractivity contribution is 1.18. The van der Waals surface area contributed by atoms with E-state index in [1.807, 2.05) is 0 Å². The first kappa shape index (κ1) is 19.5. The minimum atomic E-state index is 1.17. The molecular formula is C34H22N2. The van der Waals surface area contributed by atoms with E-state index < -0.39 is 0 Å². The molecule has 0 atom stereocenters. The van der Waals surface area contributed by atoms with Gasteiger partial charge in [-0.3, -0.25) is 0 Å². The van der Waals surface area contributed by atoms with Crippen LogP contribution in [-0.2, 0) is 0 Å². The van der Waals surface area contributed by atoms with Crippen molar-refractivity contribution < 1.29 is 0 Å². The van der Waals surface area contributed by atoms with Gasteiger partial charge in [0.05, 0.1) is 11.0 Å². The summed E-state index contributed by atoms with van der Waals surface area (Å²) in [7, 11) is 0. The number of fused-ring (bicyclic) bond motifs is 8. The average Bonchev–Trinajstić information content (AvgIpc) is 3.47.